The maximum Gasteiger partial charge on any atom is 0.144 e. The molecule has 0 bridgehead atoms. The van der Waals surface area contributed by atoms with Crippen molar-refractivity contribution in [2.75, 3.05) is 63.9 Å². The first-order valence-corrected chi connectivity index (χ1v) is 10.9. The van der Waals surface area contributed by atoms with E-state index < -0.39 is 0 Å². The third kappa shape index (κ3) is 5.53. The third-order valence-electron chi connectivity index (χ3n) is 4.98. The summed E-state index contributed by atoms with van der Waals surface area (Å²) < 4.78 is 5.62. The molecule has 0 fully saturated rings. The Morgan fingerprint density at radius 3 is 2.61 bits per heavy atom. The van der Waals surface area contributed by atoms with E-state index in [9.17, 15) is 0 Å². The van der Waals surface area contributed by atoms with Crippen LogP contribution in [0.1, 0.15) is 10.4 Å². The predicted octanol–water partition coefficient (Wildman–Crippen LogP) is 4.35. The first-order valence-electron chi connectivity index (χ1n) is 10.0. The predicted molar refractivity (Wildman–Crippen MR) is 132 cm³/mol. The van der Waals surface area contributed by atoms with Gasteiger partial charge in [0, 0.05) is 50.7 Å². The van der Waals surface area contributed by atoms with Gasteiger partial charge >= 0.3 is 0 Å². The number of methoxy groups -OCH3 is 1. The summed E-state index contributed by atoms with van der Waals surface area (Å²) in [6, 6.07) is 11.8. The molecule has 0 amide bonds. The average molecular weight is 439 g/mol. The molecule has 2 heterocycles. The molecule has 7 nitrogen and oxygen atoms in total. The van der Waals surface area contributed by atoms with Gasteiger partial charge in [0.15, 0.2) is 0 Å². The van der Waals surface area contributed by atoms with E-state index in [1.165, 1.54) is 0 Å². The summed E-state index contributed by atoms with van der Waals surface area (Å²) >= 11 is 1.55. The molecular formula is C23H30N6OS. The Labute approximate surface area is 188 Å². The Morgan fingerprint density at radius 1 is 1.10 bits per heavy atom. The van der Waals surface area contributed by atoms with E-state index in [2.05, 4.69) is 52.6 Å². The molecule has 0 aliphatic carbocycles. The van der Waals surface area contributed by atoms with Crippen LogP contribution in [0.3, 0.4) is 0 Å². The van der Waals surface area contributed by atoms with Gasteiger partial charge in [0.1, 0.15) is 11.6 Å². The average Bonchev–Trinajstić information content (AvgIpc) is 3.26. The second-order valence-electron chi connectivity index (χ2n) is 7.45. The maximum atomic E-state index is 8.61. The fraction of sp³-hybridized carbons (Fsp3) is 0.304. The molecule has 3 rings (SSSR count). The van der Waals surface area contributed by atoms with Gasteiger partial charge in [0.2, 0.25) is 0 Å². The molecule has 3 N–H and O–H groups in total. The topological polar surface area (TPSA) is 76.5 Å². The van der Waals surface area contributed by atoms with Crippen LogP contribution in [0.2, 0.25) is 0 Å². The normalized spacial score (nSPS) is 10.8. The summed E-state index contributed by atoms with van der Waals surface area (Å²) in [4.78, 5) is 9.70. The molecule has 0 saturated carbocycles. The molecule has 2 aromatic heterocycles. The van der Waals surface area contributed by atoms with Crippen LogP contribution in [-0.4, -0.2) is 64.0 Å². The number of thiophene rings is 1. The fourth-order valence-electron chi connectivity index (χ4n) is 3.12. The van der Waals surface area contributed by atoms with Gasteiger partial charge in [0.05, 0.1) is 29.1 Å². The zero-order valence-electron chi connectivity index (χ0n) is 18.7. The second kappa shape index (κ2) is 10.3. The lowest BCUT2D eigenvalue weighted by molar-refractivity contribution is 0.413. The lowest BCUT2D eigenvalue weighted by atomic mass is 10.1. The number of ether oxygens (including phenoxy) is 1. The van der Waals surface area contributed by atoms with E-state index in [4.69, 9.17) is 10.1 Å². The molecule has 1 aromatic carbocycles. The lowest BCUT2D eigenvalue weighted by Gasteiger charge is -2.23. The number of hydrogen-bond acceptors (Lipinski definition) is 8. The summed E-state index contributed by atoms with van der Waals surface area (Å²) in [5.41, 5.74) is 4.14. The van der Waals surface area contributed by atoms with Crippen LogP contribution in [0, 0.1) is 5.41 Å². The fourth-order valence-corrected chi connectivity index (χ4v) is 4.00. The number of hydrogen-bond donors (Lipinski definition) is 3. The van der Waals surface area contributed by atoms with Crippen molar-refractivity contribution in [1.29, 1.82) is 5.41 Å². The highest BCUT2D eigenvalue weighted by atomic mass is 32.1. The van der Waals surface area contributed by atoms with Crippen LogP contribution in [0.5, 0.6) is 5.75 Å². The van der Waals surface area contributed by atoms with Crippen molar-refractivity contribution in [2.24, 2.45) is 0 Å². The van der Waals surface area contributed by atoms with E-state index in [0.717, 1.165) is 46.3 Å². The molecule has 0 saturated heterocycles. The minimum atomic E-state index is 0.467. The monoisotopic (exact) mass is 438 g/mol. The first-order chi connectivity index (χ1) is 14.9. The zero-order valence-corrected chi connectivity index (χ0v) is 19.5. The van der Waals surface area contributed by atoms with Gasteiger partial charge < -0.3 is 25.2 Å². The molecule has 0 spiro atoms. The van der Waals surface area contributed by atoms with Crippen LogP contribution in [-0.2, 0) is 0 Å². The summed E-state index contributed by atoms with van der Waals surface area (Å²) in [5, 5.41) is 17.1. The molecule has 0 unspecified atom stereocenters. The molecule has 3 aromatic rings. The van der Waals surface area contributed by atoms with Gasteiger partial charge in [-0.3, -0.25) is 5.41 Å². The number of anilines is 4. The summed E-state index contributed by atoms with van der Waals surface area (Å²) in [5.74, 6) is 1.41. The van der Waals surface area contributed by atoms with E-state index in [-0.39, 0.29) is 0 Å². The van der Waals surface area contributed by atoms with Crippen LogP contribution in [0.15, 0.2) is 48.0 Å². The quantitative estimate of drug-likeness (QED) is 0.409. The molecule has 8 heteroatoms. The molecular weight excluding hydrogens is 408 g/mol. The Balaban J connectivity index is 1.79. The van der Waals surface area contributed by atoms with Crippen molar-refractivity contribution in [2.45, 2.75) is 0 Å². The number of nitrogens with zero attached hydrogens (tertiary/aromatic N) is 3. The molecule has 0 radical (unpaired) electrons. The smallest absolute Gasteiger partial charge is 0.144 e. The largest absolute Gasteiger partial charge is 0.494 e. The number of pyridine rings is 1. The van der Waals surface area contributed by atoms with Crippen LogP contribution in [0.25, 0.3) is 0 Å². The Morgan fingerprint density at radius 2 is 1.90 bits per heavy atom. The first kappa shape index (κ1) is 22.6. The van der Waals surface area contributed by atoms with Crippen molar-refractivity contribution >= 4 is 39.9 Å². The van der Waals surface area contributed by atoms with Crippen molar-refractivity contribution in [3.63, 3.8) is 0 Å². The van der Waals surface area contributed by atoms with E-state index in [1.54, 1.807) is 24.6 Å². The summed E-state index contributed by atoms with van der Waals surface area (Å²) in [6.07, 6.45) is 1.72. The van der Waals surface area contributed by atoms with Crippen LogP contribution in [0.4, 0.5) is 22.9 Å². The SMILES string of the molecule is CNc1ccsc1C(=N)c1ccnc(Nc2ccc(N(C)CCN(C)C)cc2OC)c1. The minimum absolute atomic E-state index is 0.467. The molecule has 0 atom stereocenters. The maximum absolute atomic E-state index is 8.61. The second-order valence-corrected chi connectivity index (χ2v) is 8.37. The highest BCUT2D eigenvalue weighted by molar-refractivity contribution is 7.13. The summed E-state index contributed by atoms with van der Waals surface area (Å²) in [6.45, 7) is 1.90. The standard InChI is InChI=1S/C23H30N6OS/c1-25-19-9-13-31-23(19)22(24)16-8-10-26-21(14-16)27-18-7-6-17(15-20(18)30-5)29(4)12-11-28(2)3/h6-10,13-15,24-25H,11-12H2,1-5H3,(H,26,27). The number of rotatable bonds is 10. The molecule has 0 aliphatic rings. The van der Waals surface area contributed by atoms with Crippen molar-refractivity contribution in [1.82, 2.24) is 9.88 Å². The van der Waals surface area contributed by atoms with Crippen LogP contribution >= 0.6 is 11.3 Å². The minimum Gasteiger partial charge on any atom is -0.494 e. The van der Waals surface area contributed by atoms with Gasteiger partial charge in [-0.1, -0.05) is 0 Å². The lowest BCUT2D eigenvalue weighted by Crippen LogP contribution is -2.28. The number of nitrogens with one attached hydrogen (secondary N) is 3. The van der Waals surface area contributed by atoms with Crippen molar-refractivity contribution in [3.8, 4) is 5.75 Å². The number of benzene rings is 1. The van der Waals surface area contributed by atoms with Gasteiger partial charge in [-0.25, -0.2) is 4.98 Å². The van der Waals surface area contributed by atoms with Gasteiger partial charge in [-0.15, -0.1) is 11.3 Å². The third-order valence-corrected chi connectivity index (χ3v) is 5.91. The van der Waals surface area contributed by atoms with Crippen LogP contribution < -0.4 is 20.3 Å². The van der Waals surface area contributed by atoms with Gasteiger partial charge in [-0.05, 0) is 49.8 Å². The zero-order chi connectivity index (χ0) is 22.4. The Hall–Kier alpha value is -3.10. The van der Waals surface area contributed by atoms with Crippen molar-refractivity contribution < 1.29 is 4.74 Å². The Bertz CT molecular complexity index is 1030. The van der Waals surface area contributed by atoms with E-state index in [1.807, 2.05) is 42.8 Å². The number of aromatic nitrogens is 1. The number of likely N-dealkylation sites (N-methyl/N-ethyl adjacent to an activating group) is 2. The molecule has 31 heavy (non-hydrogen) atoms. The summed E-state index contributed by atoms with van der Waals surface area (Å²) in [7, 11) is 9.75. The van der Waals surface area contributed by atoms with Gasteiger partial charge in [-0.2, -0.15) is 0 Å². The van der Waals surface area contributed by atoms with E-state index in [0.29, 0.717) is 11.5 Å². The van der Waals surface area contributed by atoms with Gasteiger partial charge in [0.25, 0.3) is 0 Å². The highest BCUT2D eigenvalue weighted by Crippen LogP contribution is 2.32. The molecule has 164 valence electrons. The highest BCUT2D eigenvalue weighted by Gasteiger charge is 2.13. The van der Waals surface area contributed by atoms with E-state index >= 15 is 0 Å². The molecule has 0 aliphatic heterocycles. The Kier molecular flexibility index (Phi) is 7.49. The van der Waals surface area contributed by atoms with Crippen molar-refractivity contribution in [3.05, 3.63) is 58.4 Å².